The Bertz CT molecular complexity index is 616. The van der Waals surface area contributed by atoms with E-state index >= 15 is 0 Å². The third-order valence-electron chi connectivity index (χ3n) is 2.19. The fraction of sp³-hybridized carbons (Fsp3) is 0.182. The van der Waals surface area contributed by atoms with Crippen LogP contribution in [0.2, 0.25) is 10.0 Å². The Morgan fingerprint density at radius 2 is 2.05 bits per heavy atom. The van der Waals surface area contributed by atoms with Gasteiger partial charge in [0.15, 0.2) is 0 Å². The smallest absolute Gasteiger partial charge is 0.388 e. The number of halogens is 2. The van der Waals surface area contributed by atoms with Crippen LogP contribution in [0.3, 0.4) is 0 Å². The molecule has 0 fully saturated rings. The second kappa shape index (κ2) is 5.73. The summed E-state index contributed by atoms with van der Waals surface area (Å²) < 4.78 is 13.2. The molecule has 1 aromatic heterocycles. The maximum absolute atomic E-state index is 11.5. The lowest BCUT2D eigenvalue weighted by Crippen LogP contribution is -2.25. The number of amides is 1. The van der Waals surface area contributed by atoms with Gasteiger partial charge in [-0.1, -0.05) is 23.2 Å². The molecule has 0 N–H and O–H groups in total. The zero-order valence-electron chi connectivity index (χ0n) is 10.1. The predicted molar refractivity (Wildman–Crippen MR) is 75.1 cm³/mol. The van der Waals surface area contributed by atoms with Gasteiger partial charge in [-0.05, 0) is 18.2 Å². The molecule has 0 radical (unpaired) electrons. The van der Waals surface area contributed by atoms with Crippen LogP contribution >= 0.6 is 34.9 Å². The summed E-state index contributed by atoms with van der Waals surface area (Å²) in [5, 5.41) is 0.936. The molecule has 5 nitrogen and oxygen atoms in total. The molecule has 2 rings (SSSR count). The molecular formula is C11H9Cl2N3O2S. The van der Waals surface area contributed by atoms with Gasteiger partial charge in [-0.25, -0.2) is 4.79 Å². The molecule has 19 heavy (non-hydrogen) atoms. The van der Waals surface area contributed by atoms with Crippen LogP contribution in [0.1, 0.15) is 0 Å². The number of rotatable bonds is 2. The van der Waals surface area contributed by atoms with Crippen LogP contribution in [-0.4, -0.2) is 33.8 Å². The van der Waals surface area contributed by atoms with Crippen molar-refractivity contribution in [2.45, 2.75) is 0 Å². The number of hydrogen-bond acceptors (Lipinski definition) is 5. The molecule has 0 saturated heterocycles. The topological polar surface area (TPSA) is 55.3 Å². The molecule has 0 aliphatic heterocycles. The van der Waals surface area contributed by atoms with Gasteiger partial charge in [0, 0.05) is 24.7 Å². The van der Waals surface area contributed by atoms with Crippen LogP contribution < -0.4 is 4.74 Å². The van der Waals surface area contributed by atoms with Gasteiger partial charge in [0.1, 0.15) is 5.69 Å². The highest BCUT2D eigenvalue weighted by Crippen LogP contribution is 2.34. The summed E-state index contributed by atoms with van der Waals surface area (Å²) in [7, 11) is 3.16. The number of aromatic nitrogens is 2. The fourth-order valence-corrected chi connectivity index (χ4v) is 2.26. The molecule has 1 aromatic carbocycles. The largest absolute Gasteiger partial charge is 0.416 e. The van der Waals surface area contributed by atoms with Gasteiger partial charge in [0.05, 0.1) is 16.8 Å². The molecule has 0 atom stereocenters. The van der Waals surface area contributed by atoms with Gasteiger partial charge in [0.25, 0.3) is 5.88 Å². The Labute approximate surface area is 124 Å². The van der Waals surface area contributed by atoms with E-state index in [9.17, 15) is 4.79 Å². The fourth-order valence-electron chi connectivity index (χ4n) is 1.27. The Kier molecular flexibility index (Phi) is 4.24. The van der Waals surface area contributed by atoms with E-state index in [0.717, 1.165) is 11.7 Å². The van der Waals surface area contributed by atoms with Gasteiger partial charge in [-0.2, -0.15) is 4.37 Å². The molecule has 100 valence electrons. The second-order valence-electron chi connectivity index (χ2n) is 3.80. The number of hydrogen-bond donors (Lipinski definition) is 0. The van der Waals surface area contributed by atoms with Crippen molar-refractivity contribution in [2.24, 2.45) is 0 Å². The molecule has 1 heterocycles. The van der Waals surface area contributed by atoms with Crippen LogP contribution in [0.4, 0.5) is 4.79 Å². The molecule has 0 aliphatic carbocycles. The molecule has 0 bridgehead atoms. The molecule has 2 aromatic rings. The van der Waals surface area contributed by atoms with Gasteiger partial charge in [-0.15, -0.1) is 4.37 Å². The summed E-state index contributed by atoms with van der Waals surface area (Å²) >= 11 is 12.9. The number of nitrogens with zero attached hydrogens (tertiary/aromatic N) is 3. The first-order chi connectivity index (χ1) is 8.99. The van der Waals surface area contributed by atoms with Crippen molar-refractivity contribution in [3.8, 4) is 17.1 Å². The van der Waals surface area contributed by atoms with E-state index in [-0.39, 0.29) is 5.88 Å². The van der Waals surface area contributed by atoms with Gasteiger partial charge in [-0.3, -0.25) is 0 Å². The van der Waals surface area contributed by atoms with Crippen molar-refractivity contribution in [2.75, 3.05) is 14.1 Å². The highest BCUT2D eigenvalue weighted by atomic mass is 35.5. The zero-order chi connectivity index (χ0) is 14.0. The average Bonchev–Trinajstić information content (AvgIpc) is 2.77. The highest BCUT2D eigenvalue weighted by molar-refractivity contribution is 6.99. The van der Waals surface area contributed by atoms with Crippen LogP contribution in [0.25, 0.3) is 11.3 Å². The highest BCUT2D eigenvalue weighted by Gasteiger charge is 2.18. The molecule has 0 unspecified atom stereocenters. The maximum Gasteiger partial charge on any atom is 0.416 e. The van der Waals surface area contributed by atoms with Crippen LogP contribution in [0.5, 0.6) is 5.88 Å². The lowest BCUT2D eigenvalue weighted by Gasteiger charge is -2.09. The van der Waals surface area contributed by atoms with E-state index in [4.69, 9.17) is 27.9 Å². The molecular weight excluding hydrogens is 309 g/mol. The van der Waals surface area contributed by atoms with Crippen LogP contribution in [0, 0.1) is 0 Å². The quantitative estimate of drug-likeness (QED) is 0.849. The van der Waals surface area contributed by atoms with Crippen molar-refractivity contribution in [1.29, 1.82) is 0 Å². The zero-order valence-corrected chi connectivity index (χ0v) is 12.4. The van der Waals surface area contributed by atoms with E-state index in [1.165, 1.54) is 4.90 Å². The second-order valence-corrected chi connectivity index (χ2v) is 5.18. The summed E-state index contributed by atoms with van der Waals surface area (Å²) in [5.41, 5.74) is 1.03. The van der Waals surface area contributed by atoms with Gasteiger partial charge in [0.2, 0.25) is 0 Å². The average molecular weight is 318 g/mol. The molecule has 0 saturated carbocycles. The Morgan fingerprint density at radius 1 is 1.32 bits per heavy atom. The van der Waals surface area contributed by atoms with E-state index in [2.05, 4.69) is 8.75 Å². The first-order valence-electron chi connectivity index (χ1n) is 5.16. The maximum atomic E-state index is 11.5. The van der Waals surface area contributed by atoms with E-state index in [1.54, 1.807) is 32.3 Å². The van der Waals surface area contributed by atoms with Crippen molar-refractivity contribution in [3.05, 3.63) is 28.2 Å². The van der Waals surface area contributed by atoms with Gasteiger partial charge >= 0.3 is 6.09 Å². The Hall–Kier alpha value is -1.37. The Morgan fingerprint density at radius 3 is 2.68 bits per heavy atom. The van der Waals surface area contributed by atoms with E-state index in [1.807, 2.05) is 0 Å². The van der Waals surface area contributed by atoms with Crippen LogP contribution in [0.15, 0.2) is 18.2 Å². The standard InChI is InChI=1S/C11H9Cl2N3O2S/c1-16(2)11(17)18-10-9(14-19-15-10)7-4-3-6(12)5-8(7)13/h3-5H,1-2H3. The molecule has 0 spiro atoms. The minimum atomic E-state index is -0.529. The first kappa shape index (κ1) is 14.0. The third-order valence-corrected chi connectivity index (χ3v) is 3.25. The minimum absolute atomic E-state index is 0.132. The summed E-state index contributed by atoms with van der Waals surface area (Å²) in [6, 6.07) is 4.98. The number of carbonyl (C=O) groups is 1. The third kappa shape index (κ3) is 3.15. The van der Waals surface area contributed by atoms with Crippen molar-refractivity contribution in [3.63, 3.8) is 0 Å². The SMILES string of the molecule is CN(C)C(=O)Oc1nsnc1-c1ccc(Cl)cc1Cl. The van der Waals surface area contributed by atoms with Crippen molar-refractivity contribution < 1.29 is 9.53 Å². The molecule has 1 amide bonds. The van der Waals surface area contributed by atoms with E-state index in [0.29, 0.717) is 21.3 Å². The molecule has 0 aliphatic rings. The lowest BCUT2D eigenvalue weighted by atomic mass is 10.1. The summed E-state index contributed by atoms with van der Waals surface area (Å²) in [4.78, 5) is 12.8. The summed E-state index contributed by atoms with van der Waals surface area (Å²) in [6.07, 6.45) is -0.529. The van der Waals surface area contributed by atoms with Crippen molar-refractivity contribution in [1.82, 2.24) is 13.6 Å². The first-order valence-corrected chi connectivity index (χ1v) is 6.64. The lowest BCUT2D eigenvalue weighted by molar-refractivity contribution is 0.170. The molecule has 8 heteroatoms. The monoisotopic (exact) mass is 317 g/mol. The van der Waals surface area contributed by atoms with Crippen LogP contribution in [-0.2, 0) is 0 Å². The number of carbonyl (C=O) groups excluding carboxylic acids is 1. The Balaban J connectivity index is 2.36. The normalized spacial score (nSPS) is 10.3. The van der Waals surface area contributed by atoms with E-state index < -0.39 is 6.09 Å². The summed E-state index contributed by atoms with van der Waals surface area (Å²) in [6.45, 7) is 0. The van der Waals surface area contributed by atoms with Gasteiger partial charge < -0.3 is 9.64 Å². The summed E-state index contributed by atoms with van der Waals surface area (Å²) in [5.74, 6) is 0.132. The number of benzene rings is 1. The van der Waals surface area contributed by atoms with Crippen molar-refractivity contribution >= 4 is 41.0 Å². The minimum Gasteiger partial charge on any atom is -0.388 e. The predicted octanol–water partition coefficient (Wildman–Crippen LogP) is 3.57. The number of ether oxygens (including phenoxy) is 1.